The third-order valence-corrected chi connectivity index (χ3v) is 5.26. The van der Waals surface area contributed by atoms with Gasteiger partial charge in [0.05, 0.1) is 18.6 Å². The van der Waals surface area contributed by atoms with Crippen LogP contribution in [0.4, 0.5) is 0 Å². The molecule has 4 rings (SSSR count). The summed E-state index contributed by atoms with van der Waals surface area (Å²) in [6.07, 6.45) is -7.24. The van der Waals surface area contributed by atoms with Crippen molar-refractivity contribution in [2.24, 2.45) is 0 Å². The van der Waals surface area contributed by atoms with E-state index in [1.165, 1.54) is 18.2 Å². The first-order valence-corrected chi connectivity index (χ1v) is 9.47. The molecular weight excluding hydrogens is 396 g/mol. The quantitative estimate of drug-likeness (QED) is 0.472. The zero-order valence-corrected chi connectivity index (χ0v) is 15.8. The number of phenols is 1. The Hall–Kier alpha value is -2.69. The topological polar surface area (TPSA) is 146 Å². The fraction of sp³-hybridized carbons (Fsp3) is 0.381. The molecule has 160 valence electrons. The fourth-order valence-corrected chi connectivity index (χ4v) is 3.56. The van der Waals surface area contributed by atoms with Crippen LogP contribution in [0.2, 0.25) is 0 Å². The zero-order chi connectivity index (χ0) is 21.4. The molecule has 0 spiro atoms. The van der Waals surface area contributed by atoms with E-state index in [1.54, 1.807) is 24.3 Å². The molecule has 0 amide bonds. The maximum Gasteiger partial charge on any atom is 0.229 e. The van der Waals surface area contributed by atoms with Crippen molar-refractivity contribution in [3.63, 3.8) is 0 Å². The van der Waals surface area contributed by atoms with Gasteiger partial charge < -0.3 is 39.7 Å². The molecule has 2 heterocycles. The maximum absolute atomic E-state index is 12.4. The van der Waals surface area contributed by atoms with Crippen LogP contribution in [0.1, 0.15) is 28.4 Å². The third kappa shape index (κ3) is 3.85. The van der Waals surface area contributed by atoms with Crippen molar-refractivity contribution < 1.29 is 44.5 Å². The number of rotatable bonds is 4. The standard InChI is InChI=1S/C21H22O9/c22-9-17-18(25)19(26)20(27)21(30-17)28-12-4-1-10(2-5-12)15-8-14(24)13-6-3-11(23)7-16(13)29-15/h1-7,15,17-23,25-27H,8-9H2/t15-,17-,18-,19+,20-,21-/m0/s1. The van der Waals surface area contributed by atoms with Crippen molar-refractivity contribution in [2.75, 3.05) is 6.61 Å². The lowest BCUT2D eigenvalue weighted by molar-refractivity contribution is -0.277. The van der Waals surface area contributed by atoms with E-state index in [0.29, 0.717) is 22.6 Å². The average Bonchev–Trinajstić information content (AvgIpc) is 2.74. The lowest BCUT2D eigenvalue weighted by atomic mass is 9.96. The SMILES string of the molecule is O=C1C[C@@H](c2ccc(O[C@H]3O[C@@H](CO)[C@H](O)[C@@H](O)[C@@H]3O)cc2)Oc2cc(O)ccc21. The van der Waals surface area contributed by atoms with Crippen molar-refractivity contribution in [3.8, 4) is 17.2 Å². The molecule has 9 nitrogen and oxygen atoms in total. The van der Waals surface area contributed by atoms with Crippen LogP contribution in [0, 0.1) is 0 Å². The first-order chi connectivity index (χ1) is 14.4. The highest BCUT2D eigenvalue weighted by atomic mass is 16.7. The summed E-state index contributed by atoms with van der Waals surface area (Å²) >= 11 is 0. The zero-order valence-electron chi connectivity index (χ0n) is 15.8. The second-order valence-electron chi connectivity index (χ2n) is 7.30. The highest BCUT2D eigenvalue weighted by molar-refractivity contribution is 6.00. The average molecular weight is 418 g/mol. The second kappa shape index (κ2) is 8.21. The number of fused-ring (bicyclic) bond motifs is 1. The molecule has 30 heavy (non-hydrogen) atoms. The van der Waals surface area contributed by atoms with Crippen molar-refractivity contribution in [1.29, 1.82) is 0 Å². The number of carbonyl (C=O) groups excluding carboxylic acids is 1. The van der Waals surface area contributed by atoms with E-state index >= 15 is 0 Å². The summed E-state index contributed by atoms with van der Waals surface area (Å²) in [4.78, 5) is 12.4. The van der Waals surface area contributed by atoms with Crippen LogP contribution in [0.3, 0.4) is 0 Å². The number of ketones is 1. The van der Waals surface area contributed by atoms with Gasteiger partial charge in [0.1, 0.15) is 47.8 Å². The molecule has 0 radical (unpaired) electrons. The van der Waals surface area contributed by atoms with Gasteiger partial charge in [-0.15, -0.1) is 0 Å². The summed E-state index contributed by atoms with van der Waals surface area (Å²) in [7, 11) is 0. The number of Topliss-reactive ketones (excluding diaryl/α,β-unsaturated/α-hetero) is 1. The van der Waals surface area contributed by atoms with Gasteiger partial charge in [0.2, 0.25) is 6.29 Å². The Kier molecular flexibility index (Phi) is 5.63. The van der Waals surface area contributed by atoms with Gasteiger partial charge in [-0.05, 0) is 29.8 Å². The van der Waals surface area contributed by atoms with Crippen molar-refractivity contribution in [1.82, 2.24) is 0 Å². The van der Waals surface area contributed by atoms with E-state index in [1.807, 2.05) is 0 Å². The molecule has 1 saturated heterocycles. The number of phenolic OH excluding ortho intramolecular Hbond substituents is 1. The van der Waals surface area contributed by atoms with Gasteiger partial charge in [-0.2, -0.15) is 0 Å². The van der Waals surface area contributed by atoms with Crippen LogP contribution >= 0.6 is 0 Å². The van der Waals surface area contributed by atoms with Gasteiger partial charge in [0.25, 0.3) is 0 Å². The Morgan fingerprint density at radius 2 is 1.73 bits per heavy atom. The molecule has 6 atom stereocenters. The minimum absolute atomic E-state index is 0.00507. The third-order valence-electron chi connectivity index (χ3n) is 5.26. The highest BCUT2D eigenvalue weighted by Gasteiger charge is 2.44. The summed E-state index contributed by atoms with van der Waals surface area (Å²) in [5.74, 6) is 0.537. The minimum atomic E-state index is -1.53. The summed E-state index contributed by atoms with van der Waals surface area (Å²) < 4.78 is 16.7. The number of ether oxygens (including phenoxy) is 3. The number of aliphatic hydroxyl groups excluding tert-OH is 4. The van der Waals surface area contributed by atoms with Crippen LogP contribution < -0.4 is 9.47 Å². The van der Waals surface area contributed by atoms with E-state index in [4.69, 9.17) is 14.2 Å². The van der Waals surface area contributed by atoms with Crippen LogP contribution in [0.15, 0.2) is 42.5 Å². The molecule has 0 unspecified atom stereocenters. The number of hydrogen-bond donors (Lipinski definition) is 5. The van der Waals surface area contributed by atoms with E-state index in [-0.39, 0.29) is 18.0 Å². The molecule has 0 bridgehead atoms. The van der Waals surface area contributed by atoms with Gasteiger partial charge >= 0.3 is 0 Å². The molecule has 5 N–H and O–H groups in total. The number of benzene rings is 2. The smallest absolute Gasteiger partial charge is 0.229 e. The predicted octanol–water partition coefficient (Wildman–Crippen LogP) is 0.277. The van der Waals surface area contributed by atoms with Crippen molar-refractivity contribution in [3.05, 3.63) is 53.6 Å². The highest BCUT2D eigenvalue weighted by Crippen LogP contribution is 2.37. The molecule has 0 saturated carbocycles. The first-order valence-electron chi connectivity index (χ1n) is 9.47. The van der Waals surface area contributed by atoms with Gasteiger partial charge in [-0.1, -0.05) is 12.1 Å². The normalized spacial score (nSPS) is 31.0. The van der Waals surface area contributed by atoms with Crippen LogP contribution in [0.25, 0.3) is 0 Å². The summed E-state index contributed by atoms with van der Waals surface area (Å²) in [6, 6.07) is 10.9. The summed E-state index contributed by atoms with van der Waals surface area (Å²) in [5, 5.41) is 48.6. The number of aliphatic hydroxyl groups is 4. The lowest BCUT2D eigenvalue weighted by Crippen LogP contribution is -2.60. The molecule has 9 heteroatoms. The monoisotopic (exact) mass is 418 g/mol. The number of aromatic hydroxyl groups is 1. The molecule has 1 fully saturated rings. The van der Waals surface area contributed by atoms with Crippen molar-refractivity contribution >= 4 is 5.78 Å². The largest absolute Gasteiger partial charge is 0.508 e. The van der Waals surface area contributed by atoms with E-state index < -0.39 is 43.4 Å². The van der Waals surface area contributed by atoms with Gasteiger partial charge in [-0.3, -0.25) is 4.79 Å². The number of carbonyl (C=O) groups is 1. The molecular formula is C21H22O9. The van der Waals surface area contributed by atoms with Gasteiger partial charge in [0.15, 0.2) is 5.78 Å². The Morgan fingerprint density at radius 1 is 1.00 bits per heavy atom. The van der Waals surface area contributed by atoms with E-state index in [0.717, 1.165) is 0 Å². The van der Waals surface area contributed by atoms with Crippen LogP contribution in [0.5, 0.6) is 17.2 Å². The molecule has 2 aromatic rings. The minimum Gasteiger partial charge on any atom is -0.508 e. The number of hydrogen-bond acceptors (Lipinski definition) is 9. The Balaban J connectivity index is 1.46. The predicted molar refractivity (Wildman–Crippen MR) is 101 cm³/mol. The Bertz CT molecular complexity index is 911. The molecule has 0 aliphatic carbocycles. The first kappa shape index (κ1) is 20.6. The van der Waals surface area contributed by atoms with Crippen molar-refractivity contribution in [2.45, 2.75) is 43.2 Å². The lowest BCUT2D eigenvalue weighted by Gasteiger charge is -2.39. The van der Waals surface area contributed by atoms with E-state index in [9.17, 15) is 30.3 Å². The molecule has 0 aromatic heterocycles. The summed E-state index contributed by atoms with van der Waals surface area (Å²) in [6.45, 7) is -0.548. The summed E-state index contributed by atoms with van der Waals surface area (Å²) in [5.41, 5.74) is 1.13. The fourth-order valence-electron chi connectivity index (χ4n) is 3.56. The Labute approximate surface area is 171 Å². The van der Waals surface area contributed by atoms with Crippen LogP contribution in [-0.4, -0.2) is 68.6 Å². The van der Waals surface area contributed by atoms with Gasteiger partial charge in [0, 0.05) is 6.07 Å². The Morgan fingerprint density at radius 3 is 2.43 bits per heavy atom. The molecule has 2 aromatic carbocycles. The maximum atomic E-state index is 12.4. The molecule has 2 aliphatic rings. The van der Waals surface area contributed by atoms with Gasteiger partial charge in [-0.25, -0.2) is 0 Å². The molecule has 2 aliphatic heterocycles. The van der Waals surface area contributed by atoms with E-state index in [2.05, 4.69) is 0 Å². The van der Waals surface area contributed by atoms with Crippen LogP contribution in [-0.2, 0) is 4.74 Å². The second-order valence-corrected chi connectivity index (χ2v) is 7.30.